The van der Waals surface area contributed by atoms with E-state index in [0.29, 0.717) is 6.04 Å². The van der Waals surface area contributed by atoms with Crippen molar-refractivity contribution in [3.05, 3.63) is 0 Å². The normalized spacial score (nSPS) is 45.0. The maximum absolute atomic E-state index is 5.83. The van der Waals surface area contributed by atoms with Crippen molar-refractivity contribution in [2.45, 2.75) is 37.4 Å². The summed E-state index contributed by atoms with van der Waals surface area (Å²) in [4.78, 5) is 0. The van der Waals surface area contributed by atoms with Crippen molar-refractivity contribution in [3.8, 4) is 0 Å². The van der Waals surface area contributed by atoms with Crippen LogP contribution in [0.25, 0.3) is 0 Å². The molecule has 0 radical (unpaired) electrons. The molecular formula is C6H13ClN2. The van der Waals surface area contributed by atoms with Crippen LogP contribution in [0.3, 0.4) is 0 Å². The van der Waals surface area contributed by atoms with Crippen LogP contribution in [-0.2, 0) is 0 Å². The van der Waals surface area contributed by atoms with Crippen molar-refractivity contribution in [1.82, 2.24) is 5.32 Å². The summed E-state index contributed by atoms with van der Waals surface area (Å²) in [6, 6.07) is 0.676. The Morgan fingerprint density at radius 1 is 1.56 bits per heavy atom. The second-order valence-corrected chi connectivity index (χ2v) is 3.18. The summed E-state index contributed by atoms with van der Waals surface area (Å²) in [7, 11) is 0. The minimum Gasteiger partial charge on any atom is -0.325 e. The zero-order chi connectivity index (χ0) is 6.85. The molecule has 1 aliphatic rings. The van der Waals surface area contributed by atoms with E-state index in [9.17, 15) is 0 Å². The largest absolute Gasteiger partial charge is 0.325 e. The van der Waals surface area contributed by atoms with Gasteiger partial charge in [0.25, 0.3) is 0 Å². The van der Waals surface area contributed by atoms with Gasteiger partial charge >= 0.3 is 0 Å². The van der Waals surface area contributed by atoms with Gasteiger partial charge in [0.15, 0.2) is 0 Å². The van der Waals surface area contributed by atoms with Gasteiger partial charge < -0.3 is 5.73 Å². The van der Waals surface area contributed by atoms with E-state index in [1.54, 1.807) is 0 Å². The molecule has 9 heavy (non-hydrogen) atoms. The predicted molar refractivity (Wildman–Crippen MR) is 39.4 cm³/mol. The van der Waals surface area contributed by atoms with Crippen molar-refractivity contribution >= 4 is 11.6 Å². The number of piperidine rings is 1. The average molecular weight is 149 g/mol. The van der Waals surface area contributed by atoms with Gasteiger partial charge in [0, 0.05) is 12.1 Å². The SMILES string of the molecule is CC1CCC(N)C(Cl)N1. The van der Waals surface area contributed by atoms with Gasteiger partial charge in [-0.2, -0.15) is 0 Å². The van der Waals surface area contributed by atoms with E-state index in [1.165, 1.54) is 0 Å². The van der Waals surface area contributed by atoms with E-state index in [4.69, 9.17) is 17.3 Å². The molecule has 1 aliphatic heterocycles. The molecule has 3 N–H and O–H groups in total. The maximum Gasteiger partial charge on any atom is 0.0980 e. The maximum atomic E-state index is 5.83. The number of hydrogen-bond donors (Lipinski definition) is 2. The highest BCUT2D eigenvalue weighted by molar-refractivity contribution is 6.20. The van der Waals surface area contributed by atoms with Crippen LogP contribution in [0.15, 0.2) is 0 Å². The lowest BCUT2D eigenvalue weighted by Gasteiger charge is -2.29. The Balaban J connectivity index is 2.35. The van der Waals surface area contributed by atoms with Gasteiger partial charge in [0.1, 0.15) is 0 Å². The predicted octanol–water partition coefficient (Wildman–Crippen LogP) is 0.651. The molecule has 3 atom stereocenters. The molecule has 0 bridgehead atoms. The van der Waals surface area contributed by atoms with E-state index >= 15 is 0 Å². The molecule has 3 heteroatoms. The Morgan fingerprint density at radius 3 is 2.67 bits per heavy atom. The third-order valence-electron chi connectivity index (χ3n) is 1.75. The highest BCUT2D eigenvalue weighted by atomic mass is 35.5. The minimum absolute atomic E-state index is 0.0197. The number of rotatable bonds is 0. The van der Waals surface area contributed by atoms with Gasteiger partial charge in [-0.05, 0) is 19.8 Å². The molecule has 3 unspecified atom stereocenters. The summed E-state index contributed by atoms with van der Waals surface area (Å²) in [5.41, 5.74) is 5.63. The molecule has 1 fully saturated rings. The fraction of sp³-hybridized carbons (Fsp3) is 1.00. The first-order chi connectivity index (χ1) is 4.20. The molecule has 2 nitrogen and oxygen atoms in total. The van der Waals surface area contributed by atoms with E-state index in [2.05, 4.69) is 12.2 Å². The number of alkyl halides is 1. The number of halogens is 1. The van der Waals surface area contributed by atoms with E-state index < -0.39 is 0 Å². The fourth-order valence-corrected chi connectivity index (χ4v) is 1.41. The molecule has 0 saturated carbocycles. The fourth-order valence-electron chi connectivity index (χ4n) is 1.07. The zero-order valence-corrected chi connectivity index (χ0v) is 6.36. The van der Waals surface area contributed by atoms with Crippen LogP contribution in [-0.4, -0.2) is 17.6 Å². The zero-order valence-electron chi connectivity index (χ0n) is 5.60. The Labute approximate surface area is 60.8 Å². The molecule has 0 amide bonds. The summed E-state index contributed by atoms with van der Waals surface area (Å²) in [5.74, 6) is 0. The standard InChI is InChI=1S/C6H13ClN2/c1-4-2-3-5(8)6(7)9-4/h4-6,9H,2-3,8H2,1H3. The minimum atomic E-state index is -0.0197. The second-order valence-electron chi connectivity index (χ2n) is 2.71. The summed E-state index contributed by atoms with van der Waals surface area (Å²) >= 11 is 5.83. The van der Waals surface area contributed by atoms with Crippen molar-refractivity contribution in [2.75, 3.05) is 0 Å². The van der Waals surface area contributed by atoms with Gasteiger partial charge in [0.2, 0.25) is 0 Å². The van der Waals surface area contributed by atoms with Crippen molar-refractivity contribution in [2.24, 2.45) is 5.73 Å². The van der Waals surface area contributed by atoms with Gasteiger partial charge in [0.05, 0.1) is 5.50 Å². The van der Waals surface area contributed by atoms with Gasteiger partial charge in [-0.1, -0.05) is 0 Å². The summed E-state index contributed by atoms with van der Waals surface area (Å²) in [6.07, 6.45) is 2.19. The summed E-state index contributed by atoms with van der Waals surface area (Å²) in [5, 5.41) is 3.17. The monoisotopic (exact) mass is 148 g/mol. The van der Waals surface area contributed by atoms with E-state index in [-0.39, 0.29) is 11.5 Å². The second kappa shape index (κ2) is 2.86. The molecule has 1 heterocycles. The van der Waals surface area contributed by atoms with Crippen LogP contribution in [0.5, 0.6) is 0 Å². The highest BCUT2D eigenvalue weighted by Gasteiger charge is 2.22. The van der Waals surface area contributed by atoms with Crippen LogP contribution >= 0.6 is 11.6 Å². The molecule has 0 aromatic heterocycles. The van der Waals surface area contributed by atoms with Crippen molar-refractivity contribution in [3.63, 3.8) is 0 Å². The van der Waals surface area contributed by atoms with Crippen LogP contribution in [0.1, 0.15) is 19.8 Å². The average Bonchev–Trinajstić information content (AvgIpc) is 1.80. The van der Waals surface area contributed by atoms with Crippen molar-refractivity contribution < 1.29 is 0 Å². The third-order valence-corrected chi connectivity index (χ3v) is 2.20. The lowest BCUT2D eigenvalue weighted by molar-refractivity contribution is 0.357. The molecule has 0 aromatic rings. The van der Waals surface area contributed by atoms with Crippen LogP contribution < -0.4 is 11.1 Å². The summed E-state index contributed by atoms with van der Waals surface area (Å²) in [6.45, 7) is 2.13. The van der Waals surface area contributed by atoms with Crippen molar-refractivity contribution in [1.29, 1.82) is 0 Å². The smallest absolute Gasteiger partial charge is 0.0980 e. The Kier molecular flexibility index (Phi) is 2.33. The van der Waals surface area contributed by atoms with E-state index in [1.807, 2.05) is 0 Å². The first-order valence-electron chi connectivity index (χ1n) is 3.36. The quantitative estimate of drug-likeness (QED) is 0.391. The van der Waals surface area contributed by atoms with E-state index in [0.717, 1.165) is 12.8 Å². The Bertz CT molecular complexity index is 97.1. The molecule has 0 aromatic carbocycles. The van der Waals surface area contributed by atoms with Crippen LogP contribution in [0, 0.1) is 0 Å². The molecular weight excluding hydrogens is 136 g/mol. The Morgan fingerprint density at radius 2 is 2.22 bits per heavy atom. The number of nitrogens with two attached hydrogens (primary N) is 1. The molecule has 54 valence electrons. The van der Waals surface area contributed by atoms with Crippen LogP contribution in [0.4, 0.5) is 0 Å². The van der Waals surface area contributed by atoms with Gasteiger partial charge in [-0.3, -0.25) is 5.32 Å². The van der Waals surface area contributed by atoms with Crippen LogP contribution in [0.2, 0.25) is 0 Å². The number of nitrogens with one attached hydrogen (secondary N) is 1. The Hall–Kier alpha value is 0.210. The summed E-state index contributed by atoms with van der Waals surface area (Å²) < 4.78 is 0. The first kappa shape index (κ1) is 7.32. The lowest BCUT2D eigenvalue weighted by atomic mass is 10.0. The topological polar surface area (TPSA) is 38.0 Å². The third kappa shape index (κ3) is 1.81. The first-order valence-corrected chi connectivity index (χ1v) is 3.79. The molecule has 0 aliphatic carbocycles. The molecule has 0 spiro atoms. The molecule has 1 saturated heterocycles. The van der Waals surface area contributed by atoms with Gasteiger partial charge in [-0.25, -0.2) is 0 Å². The number of hydrogen-bond acceptors (Lipinski definition) is 2. The van der Waals surface area contributed by atoms with Gasteiger partial charge in [-0.15, -0.1) is 11.6 Å². The lowest BCUT2D eigenvalue weighted by Crippen LogP contribution is -2.49. The highest BCUT2D eigenvalue weighted by Crippen LogP contribution is 2.13. The molecule has 1 rings (SSSR count).